The highest BCUT2D eigenvalue weighted by Gasteiger charge is 2.45. The summed E-state index contributed by atoms with van der Waals surface area (Å²) in [6.07, 6.45) is 7.41. The molecule has 5 rings (SSSR count). The molecule has 1 aliphatic carbocycles. The zero-order valence-electron chi connectivity index (χ0n) is 20.5. The van der Waals surface area contributed by atoms with Crippen molar-refractivity contribution in [1.82, 2.24) is 14.9 Å². The minimum Gasteiger partial charge on any atom is -0.490 e. The van der Waals surface area contributed by atoms with Gasteiger partial charge in [0, 0.05) is 48.4 Å². The predicted octanol–water partition coefficient (Wildman–Crippen LogP) is 5.30. The molecule has 35 heavy (non-hydrogen) atoms. The number of aromatic nitrogens is 2. The van der Waals surface area contributed by atoms with Gasteiger partial charge < -0.3 is 9.64 Å². The zero-order chi connectivity index (χ0) is 24.6. The molecule has 1 unspecified atom stereocenters. The Hall–Kier alpha value is -3.72. The van der Waals surface area contributed by atoms with Crippen LogP contribution in [0.1, 0.15) is 56.7 Å². The third-order valence-electron chi connectivity index (χ3n) is 7.29. The van der Waals surface area contributed by atoms with Gasteiger partial charge >= 0.3 is 0 Å². The quantitative estimate of drug-likeness (QED) is 0.510. The van der Waals surface area contributed by atoms with Gasteiger partial charge in [-0.3, -0.25) is 4.79 Å². The Bertz CT molecular complexity index is 1310. The minimum absolute atomic E-state index is 0.00494. The van der Waals surface area contributed by atoms with Crippen LogP contribution in [0.25, 0.3) is 22.5 Å². The summed E-state index contributed by atoms with van der Waals surface area (Å²) >= 11 is 0. The molecule has 2 aromatic carbocycles. The lowest BCUT2D eigenvalue weighted by atomic mass is 9.80. The first kappa shape index (κ1) is 23.0. The average Bonchev–Trinajstić information content (AvgIpc) is 3.48. The number of hydrogen-bond acceptors (Lipinski definition) is 5. The van der Waals surface area contributed by atoms with Crippen LogP contribution >= 0.6 is 0 Å². The van der Waals surface area contributed by atoms with Crippen LogP contribution in [0.5, 0.6) is 5.75 Å². The molecule has 6 nitrogen and oxygen atoms in total. The zero-order valence-corrected chi connectivity index (χ0v) is 20.5. The van der Waals surface area contributed by atoms with Crippen molar-refractivity contribution in [2.45, 2.75) is 58.0 Å². The molecule has 1 amide bonds. The Labute approximate surface area is 206 Å². The third kappa shape index (κ3) is 4.16. The first-order valence-electron chi connectivity index (χ1n) is 12.4. The molecule has 2 aliphatic rings. The molecule has 1 aliphatic heterocycles. The number of hydrogen-bond donors (Lipinski definition) is 0. The van der Waals surface area contributed by atoms with Gasteiger partial charge in [0.15, 0.2) is 5.82 Å². The predicted molar refractivity (Wildman–Crippen MR) is 135 cm³/mol. The Morgan fingerprint density at radius 2 is 1.97 bits per heavy atom. The summed E-state index contributed by atoms with van der Waals surface area (Å²) < 4.78 is 5.73. The van der Waals surface area contributed by atoms with E-state index < -0.39 is 0 Å². The third-order valence-corrected chi connectivity index (χ3v) is 7.29. The Kier molecular flexibility index (Phi) is 6.02. The fourth-order valence-electron chi connectivity index (χ4n) is 5.58. The van der Waals surface area contributed by atoms with E-state index in [0.29, 0.717) is 23.6 Å². The number of fused-ring (bicyclic) bond motifs is 2. The second kappa shape index (κ2) is 9.14. The maximum Gasteiger partial charge on any atom is 0.222 e. The Morgan fingerprint density at radius 1 is 1.17 bits per heavy atom. The normalized spacial score (nSPS) is 18.7. The van der Waals surface area contributed by atoms with Crippen molar-refractivity contribution < 1.29 is 9.53 Å². The van der Waals surface area contributed by atoms with Crippen LogP contribution in [0.4, 0.5) is 0 Å². The molecule has 1 spiro atoms. The number of nitriles is 1. The van der Waals surface area contributed by atoms with Crippen LogP contribution < -0.4 is 4.74 Å². The lowest BCUT2D eigenvalue weighted by molar-refractivity contribution is -0.130. The number of rotatable bonds is 5. The van der Waals surface area contributed by atoms with E-state index in [9.17, 15) is 10.1 Å². The SMILES string of the molecule is CCC(=O)N1CCC2(CCc3c(-c4cnc(-c5ccc(OC(C)C)c(C#N)c5)nc4)cccc32)C1. The number of nitrogens with zero attached hydrogens (tertiary/aromatic N) is 4. The molecule has 178 valence electrons. The summed E-state index contributed by atoms with van der Waals surface area (Å²) in [7, 11) is 0. The molecule has 1 saturated heterocycles. The van der Waals surface area contributed by atoms with Crippen LogP contribution in [-0.2, 0) is 16.6 Å². The van der Waals surface area contributed by atoms with Gasteiger partial charge in [0.2, 0.25) is 5.91 Å². The van der Waals surface area contributed by atoms with E-state index >= 15 is 0 Å². The van der Waals surface area contributed by atoms with E-state index in [-0.39, 0.29) is 17.4 Å². The fraction of sp³-hybridized carbons (Fsp3) is 0.379. The first-order chi connectivity index (χ1) is 16.9. The highest BCUT2D eigenvalue weighted by Crippen LogP contribution is 2.48. The van der Waals surface area contributed by atoms with Gasteiger partial charge in [-0.2, -0.15) is 5.26 Å². The van der Waals surface area contributed by atoms with Gasteiger partial charge in [-0.1, -0.05) is 25.1 Å². The summed E-state index contributed by atoms with van der Waals surface area (Å²) in [6.45, 7) is 7.48. The smallest absolute Gasteiger partial charge is 0.222 e. The van der Waals surface area contributed by atoms with Gasteiger partial charge in [0.1, 0.15) is 11.8 Å². The van der Waals surface area contributed by atoms with Crippen molar-refractivity contribution in [3.63, 3.8) is 0 Å². The lowest BCUT2D eigenvalue weighted by Gasteiger charge is -2.25. The Balaban J connectivity index is 1.42. The molecule has 0 radical (unpaired) electrons. The van der Waals surface area contributed by atoms with Crippen LogP contribution in [0.2, 0.25) is 0 Å². The maximum atomic E-state index is 12.3. The number of likely N-dealkylation sites (tertiary alicyclic amines) is 1. The van der Waals surface area contributed by atoms with Gasteiger partial charge in [-0.25, -0.2) is 9.97 Å². The Morgan fingerprint density at radius 3 is 2.69 bits per heavy atom. The van der Waals surface area contributed by atoms with Crippen molar-refractivity contribution in [1.29, 1.82) is 5.26 Å². The molecule has 0 N–H and O–H groups in total. The van der Waals surface area contributed by atoms with Gasteiger partial charge in [-0.05, 0) is 68.0 Å². The van der Waals surface area contributed by atoms with Gasteiger partial charge in [0.05, 0.1) is 11.7 Å². The van der Waals surface area contributed by atoms with E-state index in [1.54, 1.807) is 6.07 Å². The van der Waals surface area contributed by atoms with Crippen LogP contribution in [0.3, 0.4) is 0 Å². The summed E-state index contributed by atoms with van der Waals surface area (Å²) in [5, 5.41) is 9.54. The first-order valence-corrected chi connectivity index (χ1v) is 12.4. The maximum absolute atomic E-state index is 12.3. The molecule has 2 heterocycles. The second-order valence-corrected chi connectivity index (χ2v) is 9.82. The minimum atomic E-state index is -0.00494. The molecule has 1 fully saturated rings. The monoisotopic (exact) mass is 466 g/mol. The van der Waals surface area contributed by atoms with Crippen LogP contribution in [0.15, 0.2) is 48.8 Å². The van der Waals surface area contributed by atoms with Gasteiger partial charge in [0.25, 0.3) is 0 Å². The largest absolute Gasteiger partial charge is 0.490 e. The molecular weight excluding hydrogens is 436 g/mol. The fourth-order valence-corrected chi connectivity index (χ4v) is 5.58. The van der Waals surface area contributed by atoms with E-state index in [0.717, 1.165) is 43.5 Å². The molecule has 6 heteroatoms. The molecule has 3 aromatic rings. The summed E-state index contributed by atoms with van der Waals surface area (Å²) in [4.78, 5) is 23.6. The van der Waals surface area contributed by atoms with E-state index in [2.05, 4.69) is 34.2 Å². The van der Waals surface area contributed by atoms with Crippen LogP contribution in [-0.4, -0.2) is 40.0 Å². The molecule has 0 saturated carbocycles. The van der Waals surface area contributed by atoms with Crippen molar-refractivity contribution in [3.05, 3.63) is 65.5 Å². The van der Waals surface area contributed by atoms with Crippen molar-refractivity contribution >= 4 is 5.91 Å². The highest BCUT2D eigenvalue weighted by atomic mass is 16.5. The highest BCUT2D eigenvalue weighted by molar-refractivity contribution is 5.77. The molecular formula is C29H30N4O2. The summed E-state index contributed by atoms with van der Waals surface area (Å²) in [5.74, 6) is 1.40. The summed E-state index contributed by atoms with van der Waals surface area (Å²) in [5.41, 5.74) is 6.23. The standard InChI is InChI=1S/C29H30N4O2/c1-4-27(34)33-13-12-29(18-33)11-10-24-23(6-5-7-25(24)29)22-16-31-28(32-17-22)20-8-9-26(35-19(2)3)21(14-20)15-30/h5-9,14,16-17,19H,4,10-13,18H2,1-3H3. The molecule has 1 atom stereocenters. The number of carbonyl (C=O) groups excluding carboxylic acids is 1. The average molecular weight is 467 g/mol. The lowest BCUT2D eigenvalue weighted by Crippen LogP contribution is -2.32. The number of amides is 1. The van der Waals surface area contributed by atoms with Gasteiger partial charge in [-0.15, -0.1) is 0 Å². The molecule has 1 aromatic heterocycles. The number of carbonyl (C=O) groups is 1. The second-order valence-electron chi connectivity index (χ2n) is 9.82. The van der Waals surface area contributed by atoms with Crippen molar-refractivity contribution in [3.8, 4) is 34.3 Å². The molecule has 0 bridgehead atoms. The number of benzene rings is 2. The number of ether oxygens (including phenoxy) is 1. The van der Waals surface area contributed by atoms with Crippen molar-refractivity contribution in [2.75, 3.05) is 13.1 Å². The van der Waals surface area contributed by atoms with E-state index in [1.807, 2.05) is 50.2 Å². The van der Waals surface area contributed by atoms with Crippen LogP contribution in [0, 0.1) is 11.3 Å². The topological polar surface area (TPSA) is 79.1 Å². The summed E-state index contributed by atoms with van der Waals surface area (Å²) in [6, 6.07) is 14.2. The van der Waals surface area contributed by atoms with Crippen molar-refractivity contribution in [2.24, 2.45) is 0 Å². The van der Waals surface area contributed by atoms with E-state index in [1.165, 1.54) is 16.7 Å². The van der Waals surface area contributed by atoms with E-state index in [4.69, 9.17) is 4.74 Å².